The average Bonchev–Trinajstić information content (AvgIpc) is 3.48. The van der Waals surface area contributed by atoms with Crippen LogP contribution in [0.1, 0.15) is 65.2 Å². The number of rotatable bonds is 8. The second-order valence-electron chi connectivity index (χ2n) is 10.4. The first kappa shape index (κ1) is 28.2. The van der Waals surface area contributed by atoms with Crippen LogP contribution in [0.25, 0.3) is 0 Å². The minimum Gasteiger partial charge on any atom is -0.350 e. The Morgan fingerprint density at radius 3 is 2.35 bits per heavy atom. The highest BCUT2D eigenvalue weighted by Gasteiger charge is 2.38. The fraction of sp³-hybridized carbons (Fsp3) is 0.355. The van der Waals surface area contributed by atoms with Crippen molar-refractivity contribution >= 4 is 23.6 Å². The lowest BCUT2D eigenvalue weighted by Crippen LogP contribution is -2.40. The summed E-state index contributed by atoms with van der Waals surface area (Å²) in [6.45, 7) is 2.34. The van der Waals surface area contributed by atoms with Crippen molar-refractivity contribution in [1.82, 2.24) is 15.5 Å². The first-order chi connectivity index (χ1) is 19.2. The minimum absolute atomic E-state index is 0.118. The third kappa shape index (κ3) is 6.36. The molecule has 9 heteroatoms. The zero-order valence-electron chi connectivity index (χ0n) is 22.2. The Bertz CT molecular complexity index is 1360. The Balaban J connectivity index is 1.51. The SMILES string of the molecule is CC(CC(c1cccc2c1C(C(=O)NCC(F)(F)F)c1ccccc1S2)N1CCCC1)NC(=O)c1ccccc1. The third-order valence-electron chi connectivity index (χ3n) is 7.49. The topological polar surface area (TPSA) is 61.4 Å². The summed E-state index contributed by atoms with van der Waals surface area (Å²) in [5.74, 6) is -1.69. The lowest BCUT2D eigenvalue weighted by molar-refractivity contribution is -0.138. The van der Waals surface area contributed by atoms with E-state index in [0.29, 0.717) is 17.5 Å². The zero-order chi connectivity index (χ0) is 28.3. The van der Waals surface area contributed by atoms with Crippen molar-refractivity contribution in [3.63, 3.8) is 0 Å². The molecule has 2 heterocycles. The van der Waals surface area contributed by atoms with Crippen LogP contribution in [0.15, 0.2) is 82.6 Å². The monoisotopic (exact) mass is 567 g/mol. The first-order valence-electron chi connectivity index (χ1n) is 13.6. The zero-order valence-corrected chi connectivity index (χ0v) is 23.0. The van der Waals surface area contributed by atoms with E-state index in [1.54, 1.807) is 12.1 Å². The number of benzene rings is 3. The number of amides is 2. The lowest BCUT2D eigenvalue weighted by Gasteiger charge is -2.36. The summed E-state index contributed by atoms with van der Waals surface area (Å²) in [5, 5.41) is 5.26. The van der Waals surface area contributed by atoms with Crippen molar-refractivity contribution in [2.24, 2.45) is 0 Å². The number of likely N-dealkylation sites (tertiary alicyclic amines) is 1. The summed E-state index contributed by atoms with van der Waals surface area (Å²) in [5.41, 5.74) is 2.97. The van der Waals surface area contributed by atoms with Gasteiger partial charge in [-0.05, 0) is 80.2 Å². The molecule has 5 nitrogen and oxygen atoms in total. The van der Waals surface area contributed by atoms with E-state index in [2.05, 4.69) is 15.5 Å². The fourth-order valence-electron chi connectivity index (χ4n) is 5.71. The molecule has 2 aliphatic heterocycles. The highest BCUT2D eigenvalue weighted by atomic mass is 32.2. The number of hydrogen-bond acceptors (Lipinski definition) is 4. The van der Waals surface area contributed by atoms with Gasteiger partial charge in [0.15, 0.2) is 0 Å². The summed E-state index contributed by atoms with van der Waals surface area (Å²) < 4.78 is 39.3. The van der Waals surface area contributed by atoms with Gasteiger partial charge in [-0.15, -0.1) is 0 Å². The highest BCUT2D eigenvalue weighted by Crippen LogP contribution is 2.49. The molecule has 0 saturated carbocycles. The van der Waals surface area contributed by atoms with Crippen LogP contribution in [0.3, 0.4) is 0 Å². The second-order valence-corrected chi connectivity index (χ2v) is 11.5. The van der Waals surface area contributed by atoms with Gasteiger partial charge in [0.2, 0.25) is 5.91 Å². The molecular formula is C31H32F3N3O2S. The van der Waals surface area contributed by atoms with Gasteiger partial charge in [-0.3, -0.25) is 14.5 Å². The van der Waals surface area contributed by atoms with Crippen LogP contribution in [-0.4, -0.2) is 48.6 Å². The predicted molar refractivity (Wildman–Crippen MR) is 149 cm³/mol. The van der Waals surface area contributed by atoms with E-state index >= 15 is 0 Å². The fourth-order valence-corrected chi connectivity index (χ4v) is 6.89. The molecule has 0 aromatic heterocycles. The number of halogens is 3. The maximum absolute atomic E-state index is 13.5. The largest absolute Gasteiger partial charge is 0.405 e. The molecule has 5 rings (SSSR count). The summed E-state index contributed by atoms with van der Waals surface area (Å²) in [7, 11) is 0. The number of carbonyl (C=O) groups excluding carboxylic acids is 2. The van der Waals surface area contributed by atoms with E-state index in [1.807, 2.05) is 67.6 Å². The standard InChI is InChI=1S/C31H32F3N3O2S/c1-20(36-29(38)21-10-3-2-4-11-21)18-24(37-16-7-8-17-37)22-13-9-15-26-27(22)28(30(39)35-19-31(32,33)34)23-12-5-6-14-25(23)40-26/h2-6,9-15,20,24,28H,7-8,16-19H2,1H3,(H,35,39)(H,36,38). The van der Waals surface area contributed by atoms with Gasteiger partial charge in [0.05, 0.1) is 5.92 Å². The molecule has 0 radical (unpaired) electrons. The van der Waals surface area contributed by atoms with E-state index in [-0.39, 0.29) is 18.0 Å². The number of nitrogens with one attached hydrogen (secondary N) is 2. The summed E-state index contributed by atoms with van der Waals surface area (Å²) in [4.78, 5) is 30.5. The Morgan fingerprint density at radius 2 is 1.62 bits per heavy atom. The highest BCUT2D eigenvalue weighted by molar-refractivity contribution is 7.99. The number of nitrogens with zero attached hydrogens (tertiary/aromatic N) is 1. The van der Waals surface area contributed by atoms with Crippen molar-refractivity contribution in [3.8, 4) is 0 Å². The van der Waals surface area contributed by atoms with E-state index in [4.69, 9.17) is 0 Å². The predicted octanol–water partition coefficient (Wildman–Crippen LogP) is 6.31. The van der Waals surface area contributed by atoms with Crippen molar-refractivity contribution in [2.75, 3.05) is 19.6 Å². The Morgan fingerprint density at radius 1 is 0.950 bits per heavy atom. The average molecular weight is 568 g/mol. The van der Waals surface area contributed by atoms with Gasteiger partial charge in [-0.25, -0.2) is 0 Å². The number of fused-ring (bicyclic) bond motifs is 2. The molecule has 0 bridgehead atoms. The number of carbonyl (C=O) groups is 2. The summed E-state index contributed by atoms with van der Waals surface area (Å²) in [6, 6.07) is 22.0. The number of alkyl halides is 3. The van der Waals surface area contributed by atoms with Crippen LogP contribution >= 0.6 is 11.8 Å². The molecule has 0 aliphatic carbocycles. The molecule has 3 atom stereocenters. The van der Waals surface area contributed by atoms with E-state index < -0.39 is 24.5 Å². The molecule has 3 aromatic rings. The van der Waals surface area contributed by atoms with Gasteiger partial charge >= 0.3 is 6.18 Å². The Kier molecular flexibility index (Phi) is 8.51. The molecular weight excluding hydrogens is 535 g/mol. The van der Waals surface area contributed by atoms with Crippen molar-refractivity contribution < 1.29 is 22.8 Å². The van der Waals surface area contributed by atoms with E-state index in [9.17, 15) is 22.8 Å². The molecule has 2 N–H and O–H groups in total. The summed E-state index contributed by atoms with van der Waals surface area (Å²) in [6.07, 6.45) is -1.82. The van der Waals surface area contributed by atoms with Crippen LogP contribution in [0.4, 0.5) is 13.2 Å². The maximum Gasteiger partial charge on any atom is 0.405 e. The molecule has 2 aliphatic rings. The second kappa shape index (κ2) is 12.1. The van der Waals surface area contributed by atoms with Gasteiger partial charge in [0.25, 0.3) is 5.91 Å². The Labute approximate surface area is 236 Å². The first-order valence-corrected chi connectivity index (χ1v) is 14.4. The van der Waals surface area contributed by atoms with Gasteiger partial charge in [-0.1, -0.05) is 60.3 Å². The molecule has 3 unspecified atom stereocenters. The van der Waals surface area contributed by atoms with Crippen molar-refractivity contribution in [2.45, 2.75) is 60.2 Å². The van der Waals surface area contributed by atoms with Gasteiger partial charge in [0.1, 0.15) is 6.54 Å². The molecule has 3 aromatic carbocycles. The molecule has 1 saturated heterocycles. The van der Waals surface area contributed by atoms with Gasteiger partial charge in [-0.2, -0.15) is 13.2 Å². The van der Waals surface area contributed by atoms with Crippen LogP contribution < -0.4 is 10.6 Å². The molecule has 1 fully saturated rings. The van der Waals surface area contributed by atoms with Gasteiger partial charge in [0, 0.05) is 27.4 Å². The smallest absolute Gasteiger partial charge is 0.350 e. The third-order valence-corrected chi connectivity index (χ3v) is 8.66. The molecule has 0 spiro atoms. The minimum atomic E-state index is -4.51. The lowest BCUT2D eigenvalue weighted by atomic mass is 9.83. The van der Waals surface area contributed by atoms with Crippen molar-refractivity contribution in [3.05, 3.63) is 95.1 Å². The van der Waals surface area contributed by atoms with Crippen LogP contribution in [0.2, 0.25) is 0 Å². The quantitative estimate of drug-likeness (QED) is 0.335. The van der Waals surface area contributed by atoms with E-state index in [1.165, 1.54) is 11.8 Å². The molecule has 40 heavy (non-hydrogen) atoms. The molecule has 2 amide bonds. The maximum atomic E-state index is 13.5. The number of hydrogen-bond donors (Lipinski definition) is 2. The van der Waals surface area contributed by atoms with Crippen LogP contribution in [0, 0.1) is 0 Å². The molecule has 210 valence electrons. The summed E-state index contributed by atoms with van der Waals surface area (Å²) >= 11 is 1.54. The van der Waals surface area contributed by atoms with Gasteiger partial charge < -0.3 is 10.6 Å². The van der Waals surface area contributed by atoms with Crippen LogP contribution in [-0.2, 0) is 4.79 Å². The van der Waals surface area contributed by atoms with Crippen molar-refractivity contribution in [1.29, 1.82) is 0 Å². The normalized spacial score (nSPS) is 18.4. The van der Waals surface area contributed by atoms with Crippen LogP contribution in [0.5, 0.6) is 0 Å². The van der Waals surface area contributed by atoms with E-state index in [0.717, 1.165) is 46.8 Å². The Hall–Kier alpha value is -3.30.